The minimum atomic E-state index is 0.226. The van der Waals surface area contributed by atoms with Crippen LogP contribution in [0.2, 0.25) is 0 Å². The van der Waals surface area contributed by atoms with E-state index in [1.54, 1.807) is 0 Å². The molecule has 2 nitrogen and oxygen atoms in total. The second kappa shape index (κ2) is 3.59. The highest BCUT2D eigenvalue weighted by molar-refractivity contribution is 8.18. The quantitative estimate of drug-likeness (QED) is 0.645. The summed E-state index contributed by atoms with van der Waals surface area (Å²) >= 11 is 4.03. The molecule has 1 spiro atoms. The van der Waals surface area contributed by atoms with E-state index in [9.17, 15) is 0 Å². The Hall–Kier alpha value is -0.350. The molecule has 1 saturated heterocycles. The lowest BCUT2D eigenvalue weighted by molar-refractivity contribution is 0.649. The fraction of sp³-hybridized carbons (Fsp3) is 0.545. The first kappa shape index (κ1) is 9.85. The highest BCUT2D eigenvalue weighted by Crippen LogP contribution is 2.60. The molecule has 80 valence electrons. The van der Waals surface area contributed by atoms with Gasteiger partial charge in [-0.1, -0.05) is 0 Å². The predicted molar refractivity (Wildman–Crippen MR) is 68.2 cm³/mol. The second-order valence-corrected chi connectivity index (χ2v) is 7.10. The molecule has 0 N–H and O–H groups in total. The molecule has 0 saturated carbocycles. The molecule has 0 aromatic carbocycles. The van der Waals surface area contributed by atoms with Gasteiger partial charge in [0.05, 0.1) is 11.4 Å². The van der Waals surface area contributed by atoms with Gasteiger partial charge in [0.25, 0.3) is 0 Å². The molecule has 0 aliphatic carbocycles. The van der Waals surface area contributed by atoms with E-state index in [0.29, 0.717) is 0 Å². The first-order valence-electron chi connectivity index (χ1n) is 5.34. The van der Waals surface area contributed by atoms with Gasteiger partial charge in [-0.2, -0.15) is 0 Å². The van der Waals surface area contributed by atoms with E-state index in [-0.39, 0.29) is 4.08 Å². The molecule has 3 heterocycles. The zero-order chi connectivity index (χ0) is 10.3. The van der Waals surface area contributed by atoms with Gasteiger partial charge in [0, 0.05) is 13.2 Å². The number of fused-ring (bicyclic) bond motifs is 2. The van der Waals surface area contributed by atoms with Crippen molar-refractivity contribution in [2.75, 3.05) is 17.1 Å². The molecule has 1 fully saturated rings. The Labute approximate surface area is 99.0 Å². The fourth-order valence-corrected chi connectivity index (χ4v) is 5.51. The first-order valence-corrected chi connectivity index (χ1v) is 7.10. The Kier molecular flexibility index (Phi) is 2.36. The smallest absolute Gasteiger partial charge is 0.125 e. The molecule has 4 heteroatoms. The summed E-state index contributed by atoms with van der Waals surface area (Å²) < 4.78 is 2.50. The van der Waals surface area contributed by atoms with Crippen LogP contribution in [0.1, 0.15) is 25.0 Å². The van der Waals surface area contributed by atoms with E-state index in [0.717, 1.165) is 0 Å². The zero-order valence-corrected chi connectivity index (χ0v) is 10.4. The topological polar surface area (TPSA) is 16.1 Å². The molecule has 2 aliphatic rings. The van der Waals surface area contributed by atoms with Crippen molar-refractivity contribution < 1.29 is 0 Å². The molecule has 0 amide bonds. The SMILES string of the molecule is CN1SC2(CCCCS2)c2ncccc21. The summed E-state index contributed by atoms with van der Waals surface area (Å²) in [6, 6.07) is 4.21. The number of rotatable bonds is 0. The van der Waals surface area contributed by atoms with Crippen LogP contribution >= 0.6 is 23.7 Å². The van der Waals surface area contributed by atoms with E-state index < -0.39 is 0 Å². The van der Waals surface area contributed by atoms with Crippen LogP contribution in [0.4, 0.5) is 5.69 Å². The molecular formula is C11H14N2S2. The number of hydrogen-bond donors (Lipinski definition) is 0. The van der Waals surface area contributed by atoms with Crippen LogP contribution in [0.3, 0.4) is 0 Å². The summed E-state index contributed by atoms with van der Waals surface area (Å²) in [4.78, 5) is 4.60. The van der Waals surface area contributed by atoms with Crippen LogP contribution < -0.4 is 4.31 Å². The van der Waals surface area contributed by atoms with Crippen LogP contribution in [0, 0.1) is 0 Å². The van der Waals surface area contributed by atoms with E-state index in [4.69, 9.17) is 0 Å². The maximum Gasteiger partial charge on any atom is 0.125 e. The number of hydrogen-bond acceptors (Lipinski definition) is 4. The van der Waals surface area contributed by atoms with Crippen LogP contribution in [-0.4, -0.2) is 17.8 Å². The fourth-order valence-electron chi connectivity index (χ4n) is 2.29. The van der Waals surface area contributed by atoms with Crippen molar-refractivity contribution >= 4 is 29.4 Å². The van der Waals surface area contributed by atoms with Gasteiger partial charge in [0.2, 0.25) is 0 Å². The lowest BCUT2D eigenvalue weighted by atomic mass is 10.1. The summed E-state index contributed by atoms with van der Waals surface area (Å²) in [6.07, 6.45) is 5.88. The van der Waals surface area contributed by atoms with Crippen molar-refractivity contribution in [2.45, 2.75) is 23.3 Å². The highest BCUT2D eigenvalue weighted by Gasteiger charge is 2.45. The molecule has 1 aromatic rings. The monoisotopic (exact) mass is 238 g/mol. The lowest BCUT2D eigenvalue weighted by Crippen LogP contribution is -2.20. The minimum absolute atomic E-state index is 0.226. The van der Waals surface area contributed by atoms with Gasteiger partial charge in [0.1, 0.15) is 4.08 Å². The van der Waals surface area contributed by atoms with E-state index in [1.165, 1.54) is 36.4 Å². The van der Waals surface area contributed by atoms with Gasteiger partial charge in [0.15, 0.2) is 0 Å². The average Bonchev–Trinajstić information content (AvgIpc) is 2.55. The molecule has 0 bridgehead atoms. The van der Waals surface area contributed by atoms with Gasteiger partial charge < -0.3 is 4.31 Å². The summed E-state index contributed by atoms with van der Waals surface area (Å²) in [5.74, 6) is 1.27. The van der Waals surface area contributed by atoms with Crippen molar-refractivity contribution in [3.05, 3.63) is 24.0 Å². The van der Waals surface area contributed by atoms with Gasteiger partial charge in [-0.15, -0.1) is 11.8 Å². The van der Waals surface area contributed by atoms with Gasteiger partial charge >= 0.3 is 0 Å². The molecule has 1 unspecified atom stereocenters. The molecule has 1 aromatic heterocycles. The van der Waals surface area contributed by atoms with Crippen LogP contribution in [0.5, 0.6) is 0 Å². The van der Waals surface area contributed by atoms with Crippen molar-refractivity contribution in [1.82, 2.24) is 4.98 Å². The Morgan fingerprint density at radius 1 is 1.47 bits per heavy atom. The predicted octanol–water partition coefficient (Wildman–Crippen LogP) is 3.25. The second-order valence-electron chi connectivity index (χ2n) is 4.02. The molecule has 0 radical (unpaired) electrons. The molecule has 1 atom stereocenters. The Balaban J connectivity index is 2.06. The Bertz CT molecular complexity index is 375. The average molecular weight is 238 g/mol. The largest absolute Gasteiger partial charge is 0.316 e. The highest BCUT2D eigenvalue weighted by atomic mass is 32.2. The Morgan fingerprint density at radius 2 is 2.40 bits per heavy atom. The normalized spacial score (nSPS) is 29.5. The van der Waals surface area contributed by atoms with Crippen molar-refractivity contribution in [3.63, 3.8) is 0 Å². The maximum atomic E-state index is 4.60. The molecular weight excluding hydrogens is 224 g/mol. The number of thioether (sulfide) groups is 1. The zero-order valence-electron chi connectivity index (χ0n) is 8.77. The number of anilines is 1. The first-order chi connectivity index (χ1) is 7.32. The van der Waals surface area contributed by atoms with Gasteiger partial charge in [-0.05, 0) is 49.1 Å². The third-order valence-electron chi connectivity index (χ3n) is 3.01. The van der Waals surface area contributed by atoms with Crippen LogP contribution in [0.25, 0.3) is 0 Å². The van der Waals surface area contributed by atoms with Crippen LogP contribution in [-0.2, 0) is 4.08 Å². The number of aromatic nitrogens is 1. The summed E-state index contributed by atoms with van der Waals surface area (Å²) in [6.45, 7) is 0. The third kappa shape index (κ3) is 1.46. The number of pyridine rings is 1. The number of nitrogens with zero attached hydrogens (tertiary/aromatic N) is 2. The van der Waals surface area contributed by atoms with Gasteiger partial charge in [-0.3, -0.25) is 4.98 Å². The Morgan fingerprint density at radius 3 is 3.20 bits per heavy atom. The van der Waals surface area contributed by atoms with Gasteiger partial charge in [-0.25, -0.2) is 0 Å². The molecule has 2 aliphatic heterocycles. The van der Waals surface area contributed by atoms with Crippen molar-refractivity contribution in [3.8, 4) is 0 Å². The maximum absolute atomic E-state index is 4.60. The molecule has 3 rings (SSSR count). The standard InChI is InChI=1S/C11H14N2S2/c1-13-9-5-4-7-12-10(9)11(15-13)6-2-3-8-14-11/h4-5,7H,2-3,6,8H2,1H3. The third-order valence-corrected chi connectivity index (χ3v) is 6.10. The van der Waals surface area contributed by atoms with Crippen LogP contribution in [0.15, 0.2) is 18.3 Å². The minimum Gasteiger partial charge on any atom is -0.316 e. The van der Waals surface area contributed by atoms with E-state index >= 15 is 0 Å². The van der Waals surface area contributed by atoms with E-state index in [1.807, 2.05) is 24.2 Å². The lowest BCUT2D eigenvalue weighted by Gasteiger charge is -2.31. The van der Waals surface area contributed by atoms with Crippen molar-refractivity contribution in [2.24, 2.45) is 0 Å². The molecule has 15 heavy (non-hydrogen) atoms. The van der Waals surface area contributed by atoms with Crippen molar-refractivity contribution in [1.29, 1.82) is 0 Å². The summed E-state index contributed by atoms with van der Waals surface area (Å²) in [5, 5.41) is 0. The summed E-state index contributed by atoms with van der Waals surface area (Å²) in [5.41, 5.74) is 2.60. The van der Waals surface area contributed by atoms with E-state index in [2.05, 4.69) is 34.2 Å². The summed E-state index contributed by atoms with van der Waals surface area (Å²) in [7, 11) is 2.15.